The van der Waals surface area contributed by atoms with E-state index in [4.69, 9.17) is 5.26 Å². The van der Waals surface area contributed by atoms with Gasteiger partial charge in [0.05, 0.1) is 4.21 Å². The Morgan fingerprint density at radius 1 is 1.10 bits per heavy atom. The van der Waals surface area contributed by atoms with Gasteiger partial charge in [-0.2, -0.15) is 5.26 Å². The van der Waals surface area contributed by atoms with E-state index in [0.29, 0.717) is 0 Å². The number of nitriles is 1. The molecule has 1 aromatic heterocycles. The highest BCUT2D eigenvalue weighted by atomic mass is 32.2. The fourth-order valence-electron chi connectivity index (χ4n) is 2.07. The fourth-order valence-corrected chi connectivity index (χ4v) is 5.17. The first kappa shape index (κ1) is 14.0. The maximum absolute atomic E-state index is 8.86. The Balaban J connectivity index is 1.68. The van der Waals surface area contributed by atoms with Crippen molar-refractivity contribution in [2.75, 3.05) is 13.1 Å². The van der Waals surface area contributed by atoms with E-state index in [1.54, 1.807) is 23.1 Å². The Morgan fingerprint density at radius 2 is 1.90 bits per heavy atom. The molecular weight excluding hydrogens is 304 g/mol. The van der Waals surface area contributed by atoms with Gasteiger partial charge in [0, 0.05) is 22.9 Å². The summed E-state index contributed by atoms with van der Waals surface area (Å²) in [5.74, 6) is 0. The number of hydrogen-bond donors (Lipinski definition) is 0. The van der Waals surface area contributed by atoms with Crippen molar-refractivity contribution in [2.45, 2.75) is 26.8 Å². The monoisotopic (exact) mass is 318 g/mol. The first-order chi connectivity index (χ1) is 9.83. The molecule has 0 aliphatic carbocycles. The van der Waals surface area contributed by atoms with E-state index >= 15 is 0 Å². The van der Waals surface area contributed by atoms with Crippen LogP contribution in [0.1, 0.15) is 17.7 Å². The molecule has 0 saturated carbocycles. The summed E-state index contributed by atoms with van der Waals surface area (Å²) < 4.78 is 3.60. The van der Waals surface area contributed by atoms with Gasteiger partial charge >= 0.3 is 0 Å². The minimum atomic E-state index is 0.773. The van der Waals surface area contributed by atoms with Crippen molar-refractivity contribution in [3.8, 4) is 6.07 Å². The molecule has 0 N–H and O–H groups in total. The zero-order valence-corrected chi connectivity index (χ0v) is 13.4. The molecule has 5 heteroatoms. The summed E-state index contributed by atoms with van der Waals surface area (Å²) in [5, 5.41) is 8.86. The van der Waals surface area contributed by atoms with Gasteiger partial charge < -0.3 is 0 Å². The van der Waals surface area contributed by atoms with Gasteiger partial charge in [0.2, 0.25) is 0 Å². The van der Waals surface area contributed by atoms with E-state index in [9.17, 15) is 0 Å². The number of rotatable bonds is 4. The topological polar surface area (TPSA) is 27.0 Å². The molecule has 2 heterocycles. The fraction of sp³-hybridized carbons (Fsp3) is 0.267. The Kier molecular flexibility index (Phi) is 4.69. The van der Waals surface area contributed by atoms with Crippen LogP contribution in [-0.2, 0) is 0 Å². The highest BCUT2D eigenvalue weighted by Gasteiger charge is 2.13. The zero-order chi connectivity index (χ0) is 13.8. The van der Waals surface area contributed by atoms with Crippen molar-refractivity contribution in [3.63, 3.8) is 0 Å². The molecule has 2 aromatic rings. The Labute approximate surface area is 131 Å². The van der Waals surface area contributed by atoms with Crippen LogP contribution in [0.3, 0.4) is 0 Å². The van der Waals surface area contributed by atoms with Gasteiger partial charge in [0.1, 0.15) is 10.9 Å². The first-order valence-electron chi connectivity index (χ1n) is 6.54. The average molecular weight is 318 g/mol. The van der Waals surface area contributed by atoms with Gasteiger partial charge in [-0.05, 0) is 55.1 Å². The van der Waals surface area contributed by atoms with Crippen LogP contribution in [-0.4, -0.2) is 17.4 Å². The minimum absolute atomic E-state index is 0.773. The van der Waals surface area contributed by atoms with Gasteiger partial charge in [-0.3, -0.25) is 0 Å². The molecule has 2 nitrogen and oxygen atoms in total. The van der Waals surface area contributed by atoms with E-state index in [2.05, 4.69) is 34.6 Å². The largest absolute Gasteiger partial charge is 0.246 e. The van der Waals surface area contributed by atoms with E-state index in [1.807, 2.05) is 24.1 Å². The van der Waals surface area contributed by atoms with Crippen LogP contribution in [0.4, 0.5) is 0 Å². The lowest BCUT2D eigenvalue weighted by atomic mass is 10.4. The Bertz CT molecular complexity index is 624. The summed E-state index contributed by atoms with van der Waals surface area (Å²) >= 11 is 5.14. The van der Waals surface area contributed by atoms with Crippen LogP contribution in [0.2, 0.25) is 0 Å². The third-order valence-corrected chi connectivity index (χ3v) is 6.21. The standard InChI is InChI=1S/C15H14N2S3/c16-11-14-6-7-15(19-14)18-12-4-3-5-13(10-12)20-17-8-1-2-9-17/h3-7,10H,1-2,8-9H2. The summed E-state index contributed by atoms with van der Waals surface area (Å²) in [7, 11) is 0. The van der Waals surface area contributed by atoms with Crippen LogP contribution in [0.5, 0.6) is 0 Å². The third kappa shape index (κ3) is 3.58. The SMILES string of the molecule is N#Cc1ccc(Sc2cccc(SN3CCCC3)c2)s1. The highest BCUT2D eigenvalue weighted by Crippen LogP contribution is 2.35. The van der Waals surface area contributed by atoms with Gasteiger partial charge in [-0.1, -0.05) is 17.8 Å². The zero-order valence-electron chi connectivity index (χ0n) is 10.9. The van der Waals surface area contributed by atoms with Crippen molar-refractivity contribution in [1.82, 2.24) is 4.31 Å². The first-order valence-corrected chi connectivity index (χ1v) is 8.95. The Morgan fingerprint density at radius 3 is 2.65 bits per heavy atom. The predicted molar refractivity (Wildman–Crippen MR) is 86.3 cm³/mol. The van der Waals surface area contributed by atoms with Crippen LogP contribution in [0.25, 0.3) is 0 Å². The molecule has 102 valence electrons. The van der Waals surface area contributed by atoms with Gasteiger partial charge in [0.15, 0.2) is 0 Å². The molecule has 3 rings (SSSR count). The molecule has 1 fully saturated rings. The van der Waals surface area contributed by atoms with E-state index < -0.39 is 0 Å². The van der Waals surface area contributed by atoms with Gasteiger partial charge in [-0.15, -0.1) is 11.3 Å². The summed E-state index contributed by atoms with van der Waals surface area (Å²) in [6.07, 6.45) is 2.63. The van der Waals surface area contributed by atoms with Crippen molar-refractivity contribution in [2.24, 2.45) is 0 Å². The van der Waals surface area contributed by atoms with Crippen LogP contribution < -0.4 is 0 Å². The lowest BCUT2D eigenvalue weighted by Gasteiger charge is -2.13. The summed E-state index contributed by atoms with van der Waals surface area (Å²) in [6, 6.07) is 14.7. The molecule has 1 saturated heterocycles. The number of thiophene rings is 1. The smallest absolute Gasteiger partial charge is 0.110 e. The Hall–Kier alpha value is -0.930. The molecule has 0 spiro atoms. The van der Waals surface area contributed by atoms with E-state index in [-0.39, 0.29) is 0 Å². The third-order valence-electron chi connectivity index (χ3n) is 3.02. The number of benzene rings is 1. The van der Waals surface area contributed by atoms with Crippen molar-refractivity contribution < 1.29 is 0 Å². The molecule has 0 unspecified atom stereocenters. The van der Waals surface area contributed by atoms with Crippen LogP contribution in [0, 0.1) is 11.3 Å². The van der Waals surface area contributed by atoms with E-state index in [1.165, 1.54) is 39.9 Å². The van der Waals surface area contributed by atoms with Crippen molar-refractivity contribution in [1.29, 1.82) is 5.26 Å². The molecule has 0 amide bonds. The molecule has 0 bridgehead atoms. The summed E-state index contributed by atoms with van der Waals surface area (Å²) in [4.78, 5) is 3.31. The number of hydrogen-bond acceptors (Lipinski definition) is 5. The summed E-state index contributed by atoms with van der Waals surface area (Å²) in [5.41, 5.74) is 0. The van der Waals surface area contributed by atoms with E-state index in [0.717, 1.165) is 4.88 Å². The molecule has 0 atom stereocenters. The second-order valence-corrected chi connectivity index (χ2v) is 8.16. The highest BCUT2D eigenvalue weighted by molar-refractivity contribution is 8.01. The maximum Gasteiger partial charge on any atom is 0.110 e. The minimum Gasteiger partial charge on any atom is -0.246 e. The molecule has 1 aromatic carbocycles. The quantitative estimate of drug-likeness (QED) is 0.751. The molecule has 1 aliphatic rings. The second-order valence-electron chi connectivity index (χ2n) is 4.53. The lowest BCUT2D eigenvalue weighted by Crippen LogP contribution is -2.08. The molecule has 20 heavy (non-hydrogen) atoms. The van der Waals surface area contributed by atoms with Gasteiger partial charge in [-0.25, -0.2) is 4.31 Å². The molecule has 0 radical (unpaired) electrons. The molecular formula is C15H14N2S3. The average Bonchev–Trinajstić information content (AvgIpc) is 3.11. The van der Waals surface area contributed by atoms with Crippen LogP contribution in [0.15, 0.2) is 50.4 Å². The summed E-state index contributed by atoms with van der Waals surface area (Å²) in [6.45, 7) is 2.39. The lowest BCUT2D eigenvalue weighted by molar-refractivity contribution is 0.586. The maximum atomic E-state index is 8.86. The van der Waals surface area contributed by atoms with Crippen molar-refractivity contribution >= 4 is 35.0 Å². The van der Waals surface area contributed by atoms with Crippen LogP contribution >= 0.6 is 35.0 Å². The van der Waals surface area contributed by atoms with Gasteiger partial charge in [0.25, 0.3) is 0 Å². The normalized spacial score (nSPS) is 15.3. The molecule has 1 aliphatic heterocycles. The number of nitrogens with zero attached hydrogens (tertiary/aromatic N) is 2. The predicted octanol–water partition coefficient (Wildman–Crippen LogP) is 4.87. The van der Waals surface area contributed by atoms with Crippen molar-refractivity contribution in [3.05, 3.63) is 41.3 Å². The second kappa shape index (κ2) is 6.68.